The molecule has 0 heterocycles. The van der Waals surface area contributed by atoms with E-state index in [-0.39, 0.29) is 5.91 Å². The number of amides is 1. The van der Waals surface area contributed by atoms with E-state index in [0.717, 1.165) is 36.0 Å². The van der Waals surface area contributed by atoms with Gasteiger partial charge in [-0.15, -0.1) is 0 Å². The zero-order valence-corrected chi connectivity index (χ0v) is 14.6. The van der Waals surface area contributed by atoms with Crippen LogP contribution in [0.3, 0.4) is 0 Å². The Bertz CT molecular complexity index is 708. The topological polar surface area (TPSA) is 38.3 Å². The molecule has 24 heavy (non-hydrogen) atoms. The van der Waals surface area contributed by atoms with Crippen molar-refractivity contribution < 1.29 is 9.53 Å². The normalized spacial score (nSPS) is 15.6. The average Bonchev–Trinajstić information content (AvgIpc) is 2.54. The van der Waals surface area contributed by atoms with Crippen molar-refractivity contribution in [2.75, 3.05) is 7.11 Å². The summed E-state index contributed by atoms with van der Waals surface area (Å²) in [5.74, 6) is 0.105. The smallest absolute Gasteiger partial charge is 0.230 e. The second-order valence-corrected chi connectivity index (χ2v) is 6.81. The molecule has 0 bridgehead atoms. The fourth-order valence-electron chi connectivity index (χ4n) is 3.29. The second-order valence-electron chi connectivity index (χ2n) is 6.38. The molecular weight excluding hydrogens is 322 g/mol. The lowest BCUT2D eigenvalue weighted by Gasteiger charge is -2.40. The Kier molecular flexibility index (Phi) is 5.22. The van der Waals surface area contributed by atoms with Crippen LogP contribution in [0.2, 0.25) is 5.02 Å². The van der Waals surface area contributed by atoms with Gasteiger partial charge in [0.1, 0.15) is 0 Å². The van der Waals surface area contributed by atoms with Crippen molar-refractivity contribution in [1.29, 1.82) is 0 Å². The number of rotatable bonds is 6. The average molecular weight is 344 g/mol. The fraction of sp³-hybridized carbons (Fsp3) is 0.350. The molecule has 0 aliphatic heterocycles. The van der Waals surface area contributed by atoms with Crippen LogP contribution in [-0.4, -0.2) is 13.0 Å². The predicted molar refractivity (Wildman–Crippen MR) is 96.0 cm³/mol. The van der Waals surface area contributed by atoms with Gasteiger partial charge in [0.15, 0.2) is 0 Å². The number of hydrogen-bond donors (Lipinski definition) is 1. The van der Waals surface area contributed by atoms with Gasteiger partial charge in [-0.1, -0.05) is 54.4 Å². The Morgan fingerprint density at radius 3 is 2.50 bits per heavy atom. The van der Waals surface area contributed by atoms with Gasteiger partial charge in [0.05, 0.1) is 12.0 Å². The van der Waals surface area contributed by atoms with Gasteiger partial charge in [0.25, 0.3) is 0 Å². The molecule has 1 fully saturated rings. The third-order valence-electron chi connectivity index (χ3n) is 4.79. The van der Waals surface area contributed by atoms with E-state index < -0.39 is 5.41 Å². The SMILES string of the molecule is COCc1cccc(CNC(=O)C2(c3ccc(Cl)cc3)CCC2)c1. The lowest BCUT2D eigenvalue weighted by atomic mass is 9.64. The first-order valence-electron chi connectivity index (χ1n) is 8.25. The largest absolute Gasteiger partial charge is 0.380 e. The van der Waals surface area contributed by atoms with Crippen LogP contribution in [0.1, 0.15) is 36.0 Å². The first kappa shape index (κ1) is 17.0. The third kappa shape index (κ3) is 3.47. The number of nitrogens with one attached hydrogen (secondary N) is 1. The van der Waals surface area contributed by atoms with Crippen LogP contribution in [0, 0.1) is 0 Å². The van der Waals surface area contributed by atoms with Crippen LogP contribution < -0.4 is 5.32 Å². The molecule has 0 unspecified atom stereocenters. The van der Waals surface area contributed by atoms with Crippen molar-refractivity contribution in [3.05, 3.63) is 70.2 Å². The Morgan fingerprint density at radius 1 is 1.17 bits per heavy atom. The minimum atomic E-state index is -0.394. The standard InChI is InChI=1S/C20H22ClNO2/c1-24-14-16-5-2-4-15(12-16)13-22-19(23)20(10-3-11-20)17-6-8-18(21)9-7-17/h2,4-9,12H,3,10-11,13-14H2,1H3,(H,22,23). The van der Waals surface area contributed by atoms with E-state index in [2.05, 4.69) is 11.4 Å². The van der Waals surface area contributed by atoms with E-state index >= 15 is 0 Å². The molecule has 0 aromatic heterocycles. The molecule has 3 nitrogen and oxygen atoms in total. The minimum absolute atomic E-state index is 0.105. The molecule has 3 rings (SSSR count). The molecule has 1 N–H and O–H groups in total. The van der Waals surface area contributed by atoms with Crippen molar-refractivity contribution in [3.63, 3.8) is 0 Å². The van der Waals surface area contributed by atoms with Crippen molar-refractivity contribution in [1.82, 2.24) is 5.32 Å². The third-order valence-corrected chi connectivity index (χ3v) is 5.05. The van der Waals surface area contributed by atoms with Gasteiger partial charge in [0, 0.05) is 18.7 Å². The van der Waals surface area contributed by atoms with E-state index in [0.29, 0.717) is 18.2 Å². The van der Waals surface area contributed by atoms with Crippen molar-refractivity contribution in [3.8, 4) is 0 Å². The van der Waals surface area contributed by atoms with Crippen LogP contribution in [0.25, 0.3) is 0 Å². The van der Waals surface area contributed by atoms with Crippen LogP contribution in [-0.2, 0) is 28.1 Å². The Morgan fingerprint density at radius 2 is 1.88 bits per heavy atom. The first-order valence-corrected chi connectivity index (χ1v) is 8.63. The Balaban J connectivity index is 1.69. The van der Waals surface area contributed by atoms with Gasteiger partial charge in [-0.3, -0.25) is 4.79 Å². The van der Waals surface area contributed by atoms with Crippen molar-refractivity contribution in [2.24, 2.45) is 0 Å². The molecule has 0 radical (unpaired) electrons. The molecule has 0 saturated heterocycles. The fourth-order valence-corrected chi connectivity index (χ4v) is 3.42. The molecule has 0 spiro atoms. The van der Waals surface area contributed by atoms with Gasteiger partial charge in [-0.05, 0) is 41.7 Å². The number of carbonyl (C=O) groups excluding carboxylic acids is 1. The summed E-state index contributed by atoms with van der Waals surface area (Å²) in [4.78, 5) is 12.8. The van der Waals surface area contributed by atoms with Crippen LogP contribution in [0.5, 0.6) is 0 Å². The van der Waals surface area contributed by atoms with Gasteiger partial charge in [-0.25, -0.2) is 0 Å². The highest BCUT2D eigenvalue weighted by Gasteiger charge is 2.45. The maximum absolute atomic E-state index is 12.8. The molecule has 2 aromatic rings. The highest BCUT2D eigenvalue weighted by Crippen LogP contribution is 2.44. The summed E-state index contributed by atoms with van der Waals surface area (Å²) in [5, 5.41) is 3.81. The number of benzene rings is 2. The van der Waals surface area contributed by atoms with Gasteiger partial charge >= 0.3 is 0 Å². The highest BCUT2D eigenvalue weighted by molar-refractivity contribution is 6.30. The minimum Gasteiger partial charge on any atom is -0.380 e. The number of methoxy groups -OCH3 is 1. The summed E-state index contributed by atoms with van der Waals surface area (Å²) < 4.78 is 5.16. The van der Waals surface area contributed by atoms with Crippen LogP contribution in [0.4, 0.5) is 0 Å². The van der Waals surface area contributed by atoms with Crippen LogP contribution >= 0.6 is 11.6 Å². The monoisotopic (exact) mass is 343 g/mol. The molecule has 0 atom stereocenters. The molecule has 1 amide bonds. The summed E-state index contributed by atoms with van der Waals surface area (Å²) >= 11 is 5.97. The summed E-state index contributed by atoms with van der Waals surface area (Å²) in [6, 6.07) is 15.8. The van der Waals surface area contributed by atoms with Crippen molar-refractivity contribution in [2.45, 2.75) is 37.8 Å². The zero-order chi connectivity index (χ0) is 17.0. The summed E-state index contributed by atoms with van der Waals surface area (Å²) in [6.07, 6.45) is 2.87. The maximum atomic E-state index is 12.8. The van der Waals surface area contributed by atoms with Gasteiger partial charge < -0.3 is 10.1 Å². The molecule has 1 saturated carbocycles. The summed E-state index contributed by atoms with van der Waals surface area (Å²) in [5.41, 5.74) is 2.86. The molecule has 4 heteroatoms. The van der Waals surface area contributed by atoms with E-state index in [1.807, 2.05) is 42.5 Å². The summed E-state index contributed by atoms with van der Waals surface area (Å²) in [6.45, 7) is 1.11. The Labute approximate surface area is 148 Å². The first-order chi connectivity index (χ1) is 11.6. The number of carbonyl (C=O) groups is 1. The molecular formula is C20H22ClNO2. The number of hydrogen-bond acceptors (Lipinski definition) is 2. The summed E-state index contributed by atoms with van der Waals surface area (Å²) in [7, 11) is 1.68. The van der Waals surface area contributed by atoms with E-state index in [4.69, 9.17) is 16.3 Å². The highest BCUT2D eigenvalue weighted by atomic mass is 35.5. The van der Waals surface area contributed by atoms with Gasteiger partial charge in [-0.2, -0.15) is 0 Å². The lowest BCUT2D eigenvalue weighted by molar-refractivity contribution is -0.130. The maximum Gasteiger partial charge on any atom is 0.230 e. The number of halogens is 1. The quantitative estimate of drug-likeness (QED) is 0.852. The lowest BCUT2D eigenvalue weighted by Crippen LogP contribution is -2.48. The second kappa shape index (κ2) is 7.37. The van der Waals surface area contributed by atoms with E-state index in [1.165, 1.54) is 0 Å². The Hall–Kier alpha value is -1.84. The molecule has 1 aliphatic rings. The molecule has 1 aliphatic carbocycles. The van der Waals surface area contributed by atoms with Crippen LogP contribution in [0.15, 0.2) is 48.5 Å². The zero-order valence-electron chi connectivity index (χ0n) is 13.8. The van der Waals surface area contributed by atoms with Gasteiger partial charge in [0.2, 0.25) is 5.91 Å². The predicted octanol–water partition coefficient (Wildman–Crippen LogP) is 4.22. The van der Waals surface area contributed by atoms with Crippen molar-refractivity contribution >= 4 is 17.5 Å². The number of ether oxygens (including phenoxy) is 1. The molecule has 2 aromatic carbocycles. The molecule has 126 valence electrons. The van der Waals surface area contributed by atoms with E-state index in [9.17, 15) is 4.79 Å². The van der Waals surface area contributed by atoms with E-state index in [1.54, 1.807) is 7.11 Å².